The molecule has 7 heteroatoms. The smallest absolute Gasteiger partial charge is 0.315 e. The van der Waals surface area contributed by atoms with Gasteiger partial charge in [0.2, 0.25) is 0 Å². The highest BCUT2D eigenvalue weighted by atomic mass is 35.5. The number of fused-ring (bicyclic) bond motifs is 2. The Morgan fingerprint density at radius 1 is 1.17 bits per heavy atom. The van der Waals surface area contributed by atoms with Gasteiger partial charge in [0, 0.05) is 30.1 Å². The number of aromatic nitrogens is 1. The minimum atomic E-state index is -4.49. The molecule has 3 nitrogen and oxygen atoms in total. The maximum absolute atomic E-state index is 14.4. The van der Waals surface area contributed by atoms with E-state index in [0.29, 0.717) is 12.2 Å². The van der Waals surface area contributed by atoms with Crippen molar-refractivity contribution >= 4 is 23.2 Å². The van der Waals surface area contributed by atoms with Crippen molar-refractivity contribution in [2.24, 2.45) is 0 Å². The number of halogens is 4. The lowest BCUT2D eigenvalue weighted by atomic mass is 9.70. The van der Waals surface area contributed by atoms with E-state index in [1.54, 1.807) is 18.2 Å². The van der Waals surface area contributed by atoms with Gasteiger partial charge in [0.15, 0.2) is 0 Å². The lowest BCUT2D eigenvalue weighted by Crippen LogP contribution is -2.53. The Balaban J connectivity index is 2.29. The van der Waals surface area contributed by atoms with Crippen LogP contribution in [0.15, 0.2) is 42.7 Å². The van der Waals surface area contributed by atoms with Crippen molar-refractivity contribution in [2.75, 3.05) is 17.5 Å². The van der Waals surface area contributed by atoms with E-state index in [4.69, 9.17) is 11.8 Å². The topological polar surface area (TPSA) is 28.2 Å². The second-order valence-electron chi connectivity index (χ2n) is 5.77. The molecule has 0 aliphatic carbocycles. The van der Waals surface area contributed by atoms with Crippen LogP contribution in [0.4, 0.5) is 24.5 Å². The van der Waals surface area contributed by atoms with Crippen LogP contribution in [0.1, 0.15) is 24.5 Å². The molecule has 24 heavy (non-hydrogen) atoms. The number of pyridine rings is 1. The number of nitrogens with one attached hydrogen (secondary N) is 1. The maximum Gasteiger partial charge on any atom is 0.403 e. The molecular formula is C17H17ClF3N3. The van der Waals surface area contributed by atoms with Gasteiger partial charge >= 0.3 is 6.18 Å². The zero-order valence-electron chi connectivity index (χ0n) is 13.1. The highest BCUT2D eigenvalue weighted by Gasteiger charge is 2.60. The largest absolute Gasteiger partial charge is 0.403 e. The lowest BCUT2D eigenvalue weighted by Gasteiger charge is -2.44. The summed E-state index contributed by atoms with van der Waals surface area (Å²) in [4.78, 5) is 3.95. The Labute approximate surface area is 143 Å². The van der Waals surface area contributed by atoms with Crippen LogP contribution in [0.2, 0.25) is 0 Å². The summed E-state index contributed by atoms with van der Waals surface area (Å²) in [5, 5.41) is 2.95. The summed E-state index contributed by atoms with van der Waals surface area (Å²) in [6.07, 6.45) is -0.991. The number of alkyl halides is 3. The number of hydrogen-bond acceptors (Lipinski definition) is 3. The quantitative estimate of drug-likeness (QED) is 0.645. The van der Waals surface area contributed by atoms with E-state index in [9.17, 15) is 13.2 Å². The van der Waals surface area contributed by atoms with Crippen molar-refractivity contribution in [3.63, 3.8) is 0 Å². The predicted octanol–water partition coefficient (Wildman–Crippen LogP) is 4.53. The summed E-state index contributed by atoms with van der Waals surface area (Å²) in [5.41, 5.74) is -1.32. The number of benzene rings is 1. The van der Waals surface area contributed by atoms with E-state index in [0.717, 1.165) is 6.42 Å². The minimum absolute atomic E-state index is 0.113. The summed E-state index contributed by atoms with van der Waals surface area (Å²) in [6, 6.07) is 7.78. The van der Waals surface area contributed by atoms with Gasteiger partial charge in [0.25, 0.3) is 0 Å². The van der Waals surface area contributed by atoms with Crippen LogP contribution in [0.5, 0.6) is 0 Å². The molecule has 0 spiro atoms. The standard InChI is InChI=1S/C17H17ClF3N3/c1-2-8-23-11-16(17(19,20)21)12-5-3-4-6-14(12)24(18)15-10-22-9-7-13(15)16/h3-7,9-10,23H,2,8,11H2,1H3. The monoisotopic (exact) mass is 355 g/mol. The molecule has 0 radical (unpaired) electrons. The first-order valence-electron chi connectivity index (χ1n) is 7.71. The number of hydrogen-bond donors (Lipinski definition) is 1. The van der Waals surface area contributed by atoms with Gasteiger partial charge in [-0.3, -0.25) is 9.40 Å². The molecular weight excluding hydrogens is 339 g/mol. The molecule has 2 heterocycles. The van der Waals surface area contributed by atoms with Crippen LogP contribution in [-0.4, -0.2) is 24.2 Å². The Kier molecular flexibility index (Phi) is 4.44. The fourth-order valence-electron chi connectivity index (χ4n) is 3.23. The molecule has 1 atom stereocenters. The Hall–Kier alpha value is -1.79. The van der Waals surface area contributed by atoms with Crippen molar-refractivity contribution in [1.29, 1.82) is 0 Å². The molecule has 1 N–H and O–H groups in total. The van der Waals surface area contributed by atoms with Gasteiger partial charge in [-0.1, -0.05) is 25.1 Å². The molecule has 0 fully saturated rings. The second kappa shape index (κ2) is 6.26. The molecule has 0 saturated heterocycles. The molecule has 0 amide bonds. The zero-order valence-corrected chi connectivity index (χ0v) is 13.8. The van der Waals surface area contributed by atoms with Crippen molar-refractivity contribution < 1.29 is 13.2 Å². The third-order valence-electron chi connectivity index (χ3n) is 4.35. The van der Waals surface area contributed by atoms with Crippen molar-refractivity contribution in [1.82, 2.24) is 10.3 Å². The normalized spacial score (nSPS) is 19.8. The van der Waals surface area contributed by atoms with Gasteiger partial charge in [0.1, 0.15) is 5.41 Å². The van der Waals surface area contributed by atoms with Crippen LogP contribution in [0, 0.1) is 0 Å². The van der Waals surface area contributed by atoms with Gasteiger partial charge in [-0.2, -0.15) is 13.2 Å². The third-order valence-corrected chi connectivity index (χ3v) is 4.71. The van der Waals surface area contributed by atoms with Crippen LogP contribution in [-0.2, 0) is 5.41 Å². The molecule has 0 bridgehead atoms. The fraction of sp³-hybridized carbons (Fsp3) is 0.353. The zero-order chi connectivity index (χ0) is 17.4. The highest BCUT2D eigenvalue weighted by molar-refractivity contribution is 6.30. The number of anilines is 2. The predicted molar refractivity (Wildman–Crippen MR) is 88.7 cm³/mol. The second-order valence-corrected chi connectivity index (χ2v) is 6.11. The van der Waals surface area contributed by atoms with Crippen LogP contribution < -0.4 is 9.74 Å². The average molecular weight is 356 g/mol. The van der Waals surface area contributed by atoms with E-state index in [1.165, 1.54) is 28.9 Å². The maximum atomic E-state index is 14.4. The lowest BCUT2D eigenvalue weighted by molar-refractivity contribution is -0.177. The Morgan fingerprint density at radius 2 is 1.88 bits per heavy atom. The molecule has 128 valence electrons. The van der Waals surface area contributed by atoms with E-state index in [2.05, 4.69) is 10.3 Å². The Morgan fingerprint density at radius 3 is 2.58 bits per heavy atom. The summed E-state index contributed by atoms with van der Waals surface area (Å²) in [5.74, 6) is 0. The van der Waals surface area contributed by atoms with Crippen LogP contribution in [0.25, 0.3) is 0 Å². The molecule has 1 aromatic carbocycles. The highest BCUT2D eigenvalue weighted by Crippen LogP contribution is 2.56. The van der Waals surface area contributed by atoms with Gasteiger partial charge in [-0.05, 0) is 30.7 Å². The average Bonchev–Trinajstić information content (AvgIpc) is 2.57. The van der Waals surface area contributed by atoms with E-state index in [1.807, 2.05) is 6.92 Å². The molecule has 1 aliphatic heterocycles. The van der Waals surface area contributed by atoms with E-state index >= 15 is 0 Å². The molecule has 1 unspecified atom stereocenters. The van der Waals surface area contributed by atoms with Gasteiger partial charge in [-0.15, -0.1) is 0 Å². The summed E-state index contributed by atoms with van der Waals surface area (Å²) >= 11 is 6.32. The molecule has 1 aliphatic rings. The molecule has 3 rings (SSSR count). The molecule has 1 aromatic heterocycles. The first-order valence-corrected chi connectivity index (χ1v) is 8.04. The number of para-hydroxylation sites is 1. The summed E-state index contributed by atoms with van der Waals surface area (Å²) in [6.45, 7) is 2.18. The van der Waals surface area contributed by atoms with E-state index < -0.39 is 11.6 Å². The molecule has 2 aromatic rings. The third kappa shape index (κ3) is 2.45. The fourth-order valence-corrected chi connectivity index (χ4v) is 3.51. The van der Waals surface area contributed by atoms with Gasteiger partial charge in [0.05, 0.1) is 17.6 Å². The number of rotatable bonds is 4. The first kappa shape index (κ1) is 17.0. The summed E-state index contributed by atoms with van der Waals surface area (Å²) < 4.78 is 44.4. The van der Waals surface area contributed by atoms with Gasteiger partial charge in [-0.25, -0.2) is 0 Å². The first-order chi connectivity index (χ1) is 11.4. The van der Waals surface area contributed by atoms with Crippen LogP contribution in [0.3, 0.4) is 0 Å². The van der Waals surface area contributed by atoms with Crippen LogP contribution >= 0.6 is 11.8 Å². The SMILES string of the molecule is CCCNCC1(C(F)(F)F)c2ccccc2N(Cl)c2cnccc21. The van der Waals surface area contributed by atoms with Crippen molar-refractivity contribution in [2.45, 2.75) is 24.9 Å². The Bertz CT molecular complexity index is 686. The van der Waals surface area contributed by atoms with Gasteiger partial charge < -0.3 is 5.32 Å². The van der Waals surface area contributed by atoms with E-state index in [-0.39, 0.29) is 23.4 Å². The summed E-state index contributed by atoms with van der Waals surface area (Å²) in [7, 11) is 0. The minimum Gasteiger partial charge on any atom is -0.315 e. The molecule has 0 saturated carbocycles. The number of nitrogens with zero attached hydrogens (tertiary/aromatic N) is 2. The van der Waals surface area contributed by atoms with Crippen molar-refractivity contribution in [3.05, 3.63) is 53.9 Å². The van der Waals surface area contributed by atoms with Crippen molar-refractivity contribution in [3.8, 4) is 0 Å².